The van der Waals surface area contributed by atoms with E-state index in [1.54, 1.807) is 0 Å². The predicted molar refractivity (Wildman–Crippen MR) is 67.7 cm³/mol. The highest BCUT2D eigenvalue weighted by Crippen LogP contribution is 2.06. The number of hydrogen-bond acceptors (Lipinski definition) is 2. The molecule has 0 unspecified atom stereocenters. The van der Waals surface area contributed by atoms with Crippen LogP contribution >= 0.6 is 0 Å². The molecule has 0 spiro atoms. The third kappa shape index (κ3) is 5.08. The zero-order valence-corrected chi connectivity index (χ0v) is 10.5. The van der Waals surface area contributed by atoms with Crippen LogP contribution in [0.1, 0.15) is 24.0 Å². The molecule has 0 saturated heterocycles. The highest BCUT2D eigenvalue weighted by atomic mass is 16.1. The van der Waals surface area contributed by atoms with E-state index in [2.05, 4.69) is 24.0 Å². The van der Waals surface area contributed by atoms with Crippen LogP contribution < -0.4 is 0 Å². The third-order valence-corrected chi connectivity index (χ3v) is 2.58. The normalized spacial score (nSPS) is 10.8. The van der Waals surface area contributed by atoms with Crippen molar-refractivity contribution in [1.29, 1.82) is 0 Å². The van der Waals surface area contributed by atoms with E-state index < -0.39 is 0 Å². The minimum absolute atomic E-state index is 0.339. The quantitative estimate of drug-likeness (QED) is 0.732. The van der Waals surface area contributed by atoms with Gasteiger partial charge in [-0.1, -0.05) is 29.8 Å². The number of carbonyl (C=O) groups is 1. The van der Waals surface area contributed by atoms with Crippen LogP contribution in [0.2, 0.25) is 0 Å². The summed E-state index contributed by atoms with van der Waals surface area (Å²) >= 11 is 0. The summed E-state index contributed by atoms with van der Waals surface area (Å²) in [5, 5.41) is 0. The number of Topliss-reactive ketones (excluding diaryl/α,β-unsaturated/α-hetero) is 1. The van der Waals surface area contributed by atoms with Crippen molar-refractivity contribution in [2.45, 2.75) is 26.2 Å². The van der Waals surface area contributed by atoms with Crippen LogP contribution in [0.5, 0.6) is 0 Å². The Morgan fingerprint density at radius 3 is 2.38 bits per heavy atom. The van der Waals surface area contributed by atoms with Gasteiger partial charge in [-0.15, -0.1) is 0 Å². The smallest absolute Gasteiger partial charge is 0.137 e. The molecular weight excluding hydrogens is 198 g/mol. The fraction of sp³-hybridized carbons (Fsp3) is 0.500. The van der Waals surface area contributed by atoms with Crippen molar-refractivity contribution in [2.24, 2.45) is 0 Å². The average Bonchev–Trinajstić information content (AvgIpc) is 2.21. The number of nitrogens with zero attached hydrogens (tertiary/aromatic N) is 1. The zero-order valence-electron chi connectivity index (χ0n) is 10.5. The maximum atomic E-state index is 11.7. The van der Waals surface area contributed by atoms with Gasteiger partial charge in [-0.2, -0.15) is 0 Å². The second-order valence-electron chi connectivity index (χ2n) is 4.61. The van der Waals surface area contributed by atoms with E-state index in [1.807, 2.05) is 26.2 Å². The summed E-state index contributed by atoms with van der Waals surface area (Å²) in [6.45, 7) is 3.04. The van der Waals surface area contributed by atoms with Crippen molar-refractivity contribution >= 4 is 5.78 Å². The lowest BCUT2D eigenvalue weighted by Crippen LogP contribution is -2.14. The number of hydrogen-bond donors (Lipinski definition) is 0. The molecule has 0 N–H and O–H groups in total. The van der Waals surface area contributed by atoms with Crippen molar-refractivity contribution < 1.29 is 4.79 Å². The summed E-state index contributed by atoms with van der Waals surface area (Å²) in [4.78, 5) is 13.8. The molecule has 1 aromatic rings. The molecule has 0 heterocycles. The summed E-state index contributed by atoms with van der Waals surface area (Å²) in [7, 11) is 4.06. The predicted octanol–water partition coefficient (Wildman–Crippen LogP) is 2.45. The van der Waals surface area contributed by atoms with Crippen molar-refractivity contribution in [2.75, 3.05) is 20.6 Å². The Balaban J connectivity index is 2.31. The second-order valence-corrected chi connectivity index (χ2v) is 4.61. The van der Waals surface area contributed by atoms with E-state index in [0.29, 0.717) is 18.6 Å². The second kappa shape index (κ2) is 6.44. The fourth-order valence-electron chi connectivity index (χ4n) is 1.61. The van der Waals surface area contributed by atoms with Gasteiger partial charge < -0.3 is 4.90 Å². The molecule has 0 aliphatic heterocycles. The first-order chi connectivity index (χ1) is 7.58. The highest BCUT2D eigenvalue weighted by molar-refractivity contribution is 5.80. The van der Waals surface area contributed by atoms with Gasteiger partial charge in [0.25, 0.3) is 0 Å². The molecule has 0 amide bonds. The molecule has 2 heteroatoms. The molecule has 0 aromatic heterocycles. The summed E-state index contributed by atoms with van der Waals surface area (Å²) in [6.07, 6.45) is 2.22. The lowest BCUT2D eigenvalue weighted by molar-refractivity contribution is -0.118. The minimum Gasteiger partial charge on any atom is -0.309 e. The Hall–Kier alpha value is -1.15. The minimum atomic E-state index is 0.339. The molecule has 0 fully saturated rings. The van der Waals surface area contributed by atoms with Crippen LogP contribution in [0.25, 0.3) is 0 Å². The molecule has 0 aliphatic carbocycles. The Bertz CT molecular complexity index is 327. The standard InChI is InChI=1S/C14H21NO/c1-12-6-8-13(9-7-12)11-14(16)5-4-10-15(2)3/h6-9H,4-5,10-11H2,1-3H3. The third-order valence-electron chi connectivity index (χ3n) is 2.58. The first kappa shape index (κ1) is 12.9. The number of aryl methyl sites for hydroxylation is 1. The number of rotatable bonds is 6. The highest BCUT2D eigenvalue weighted by Gasteiger charge is 2.03. The number of benzene rings is 1. The van der Waals surface area contributed by atoms with E-state index in [-0.39, 0.29) is 0 Å². The van der Waals surface area contributed by atoms with Gasteiger partial charge in [-0.25, -0.2) is 0 Å². The number of ketones is 1. The van der Waals surface area contributed by atoms with Gasteiger partial charge in [-0.05, 0) is 39.5 Å². The van der Waals surface area contributed by atoms with Gasteiger partial charge in [0, 0.05) is 12.8 Å². The van der Waals surface area contributed by atoms with E-state index >= 15 is 0 Å². The summed E-state index contributed by atoms with van der Waals surface area (Å²) in [5.41, 5.74) is 2.37. The van der Waals surface area contributed by atoms with Crippen LogP contribution in [0, 0.1) is 6.92 Å². The molecule has 0 saturated carbocycles. The Labute approximate surface area is 98.3 Å². The van der Waals surface area contributed by atoms with Gasteiger partial charge >= 0.3 is 0 Å². The van der Waals surface area contributed by atoms with Crippen molar-refractivity contribution in [3.8, 4) is 0 Å². The van der Waals surface area contributed by atoms with Crippen LogP contribution in [-0.2, 0) is 11.2 Å². The maximum Gasteiger partial charge on any atom is 0.137 e. The lowest BCUT2D eigenvalue weighted by Gasteiger charge is -2.08. The van der Waals surface area contributed by atoms with Gasteiger partial charge in [0.15, 0.2) is 0 Å². The van der Waals surface area contributed by atoms with Crippen LogP contribution in [0.3, 0.4) is 0 Å². The molecule has 2 nitrogen and oxygen atoms in total. The first-order valence-electron chi connectivity index (χ1n) is 5.80. The van der Waals surface area contributed by atoms with E-state index in [0.717, 1.165) is 18.5 Å². The SMILES string of the molecule is Cc1ccc(CC(=O)CCCN(C)C)cc1. The van der Waals surface area contributed by atoms with Crippen molar-refractivity contribution in [3.63, 3.8) is 0 Å². The fourth-order valence-corrected chi connectivity index (χ4v) is 1.61. The molecule has 0 radical (unpaired) electrons. The topological polar surface area (TPSA) is 20.3 Å². The summed E-state index contributed by atoms with van der Waals surface area (Å²) in [6, 6.07) is 8.20. The Morgan fingerprint density at radius 1 is 1.19 bits per heavy atom. The molecule has 88 valence electrons. The van der Waals surface area contributed by atoms with Crippen LogP contribution in [-0.4, -0.2) is 31.3 Å². The van der Waals surface area contributed by atoms with Crippen LogP contribution in [0.15, 0.2) is 24.3 Å². The van der Waals surface area contributed by atoms with Crippen molar-refractivity contribution in [1.82, 2.24) is 4.90 Å². The first-order valence-corrected chi connectivity index (χ1v) is 5.80. The van der Waals surface area contributed by atoms with Crippen LogP contribution in [0.4, 0.5) is 0 Å². The largest absolute Gasteiger partial charge is 0.309 e. The Kier molecular flexibility index (Phi) is 5.20. The summed E-state index contributed by atoms with van der Waals surface area (Å²) in [5.74, 6) is 0.339. The summed E-state index contributed by atoms with van der Waals surface area (Å²) < 4.78 is 0. The molecule has 0 bridgehead atoms. The number of carbonyl (C=O) groups excluding carboxylic acids is 1. The maximum absolute atomic E-state index is 11.7. The molecule has 16 heavy (non-hydrogen) atoms. The lowest BCUT2D eigenvalue weighted by atomic mass is 10.0. The molecule has 1 rings (SSSR count). The molecule has 0 atom stereocenters. The zero-order chi connectivity index (χ0) is 12.0. The van der Waals surface area contributed by atoms with E-state index in [1.165, 1.54) is 5.56 Å². The Morgan fingerprint density at radius 2 is 1.81 bits per heavy atom. The van der Waals surface area contributed by atoms with Gasteiger partial charge in [-0.3, -0.25) is 4.79 Å². The van der Waals surface area contributed by atoms with Gasteiger partial charge in [0.05, 0.1) is 0 Å². The molecular formula is C14H21NO. The van der Waals surface area contributed by atoms with Gasteiger partial charge in [0.2, 0.25) is 0 Å². The van der Waals surface area contributed by atoms with Gasteiger partial charge in [0.1, 0.15) is 5.78 Å². The molecule has 1 aromatic carbocycles. The van der Waals surface area contributed by atoms with Crippen molar-refractivity contribution in [3.05, 3.63) is 35.4 Å². The average molecular weight is 219 g/mol. The van der Waals surface area contributed by atoms with E-state index in [9.17, 15) is 4.79 Å². The monoisotopic (exact) mass is 219 g/mol. The van der Waals surface area contributed by atoms with E-state index in [4.69, 9.17) is 0 Å². The molecule has 0 aliphatic rings.